The van der Waals surface area contributed by atoms with Crippen molar-refractivity contribution in [2.45, 2.75) is 0 Å². The topological polar surface area (TPSA) is 181 Å². The van der Waals surface area contributed by atoms with Crippen molar-refractivity contribution in [2.75, 3.05) is 22.9 Å². The van der Waals surface area contributed by atoms with Gasteiger partial charge in [-0.3, -0.25) is 0 Å². The lowest BCUT2D eigenvalue weighted by Crippen LogP contribution is -2.04. The van der Waals surface area contributed by atoms with Gasteiger partial charge in [-0.2, -0.15) is 29.9 Å². The fourth-order valence-corrected chi connectivity index (χ4v) is 2.70. The molecule has 0 amide bonds. The maximum Gasteiger partial charge on any atom is 0.225 e. The minimum Gasteiger partial charge on any atom is -0.368 e. The van der Waals surface area contributed by atoms with Crippen LogP contribution >= 0.6 is 0 Å². The Hall–Kier alpha value is -4.34. The Morgan fingerprint density at radius 2 is 0.607 bits per heavy atom. The van der Waals surface area contributed by atoms with Gasteiger partial charge in [0.1, 0.15) is 0 Å². The average molecular weight is 372 g/mol. The van der Waals surface area contributed by atoms with Crippen LogP contribution in [0, 0.1) is 0 Å². The zero-order valence-corrected chi connectivity index (χ0v) is 14.6. The SMILES string of the molecule is Nc1nc(N)nc(-c2ccc(-c3ccc(-c4nc(N)nc(N)n4)cc3)cc2)n1. The molecule has 2 aromatic heterocycles. The second-order valence-electron chi connectivity index (χ2n) is 5.91. The van der Waals surface area contributed by atoms with Crippen molar-refractivity contribution < 1.29 is 0 Å². The van der Waals surface area contributed by atoms with E-state index in [0.29, 0.717) is 11.6 Å². The highest BCUT2D eigenvalue weighted by Crippen LogP contribution is 2.26. The zero-order valence-electron chi connectivity index (χ0n) is 14.6. The van der Waals surface area contributed by atoms with Gasteiger partial charge in [0.25, 0.3) is 0 Å². The summed E-state index contributed by atoms with van der Waals surface area (Å²) in [4.78, 5) is 24.0. The van der Waals surface area contributed by atoms with E-state index in [2.05, 4.69) is 29.9 Å². The highest BCUT2D eigenvalue weighted by atomic mass is 15.1. The second-order valence-corrected chi connectivity index (χ2v) is 5.91. The smallest absolute Gasteiger partial charge is 0.225 e. The second kappa shape index (κ2) is 6.76. The lowest BCUT2D eigenvalue weighted by molar-refractivity contribution is 1.09. The van der Waals surface area contributed by atoms with Gasteiger partial charge < -0.3 is 22.9 Å². The van der Waals surface area contributed by atoms with Crippen LogP contribution in [0.5, 0.6) is 0 Å². The molecule has 0 aliphatic carbocycles. The summed E-state index contributed by atoms with van der Waals surface area (Å²) >= 11 is 0. The third-order valence-electron chi connectivity index (χ3n) is 3.96. The van der Waals surface area contributed by atoms with E-state index in [1.54, 1.807) is 0 Å². The van der Waals surface area contributed by atoms with Crippen molar-refractivity contribution in [2.24, 2.45) is 0 Å². The van der Waals surface area contributed by atoms with Crippen molar-refractivity contribution in [3.63, 3.8) is 0 Å². The molecule has 138 valence electrons. The summed E-state index contributed by atoms with van der Waals surface area (Å²) in [6, 6.07) is 15.4. The van der Waals surface area contributed by atoms with Crippen LogP contribution in [0.3, 0.4) is 0 Å². The van der Waals surface area contributed by atoms with Gasteiger partial charge in [0.05, 0.1) is 0 Å². The molecule has 28 heavy (non-hydrogen) atoms. The van der Waals surface area contributed by atoms with E-state index in [-0.39, 0.29) is 23.8 Å². The van der Waals surface area contributed by atoms with Gasteiger partial charge in [0.2, 0.25) is 23.8 Å². The minimum atomic E-state index is 0.0850. The Kier molecular flexibility index (Phi) is 4.13. The number of aromatic nitrogens is 6. The molecule has 0 saturated carbocycles. The molecule has 0 spiro atoms. The number of nitrogens with two attached hydrogens (primary N) is 4. The molecule has 0 unspecified atom stereocenters. The lowest BCUT2D eigenvalue weighted by atomic mass is 10.0. The molecule has 0 bridgehead atoms. The van der Waals surface area contributed by atoms with Gasteiger partial charge in [-0.1, -0.05) is 48.5 Å². The Morgan fingerprint density at radius 1 is 0.357 bits per heavy atom. The van der Waals surface area contributed by atoms with Crippen LogP contribution in [-0.2, 0) is 0 Å². The summed E-state index contributed by atoms with van der Waals surface area (Å²) in [5, 5.41) is 0. The van der Waals surface area contributed by atoms with Crippen molar-refractivity contribution in [3.8, 4) is 33.9 Å². The molecule has 2 aromatic carbocycles. The fourth-order valence-electron chi connectivity index (χ4n) is 2.70. The van der Waals surface area contributed by atoms with Crippen LogP contribution < -0.4 is 22.9 Å². The maximum absolute atomic E-state index is 5.63. The first-order valence-corrected chi connectivity index (χ1v) is 8.23. The van der Waals surface area contributed by atoms with Gasteiger partial charge in [0.15, 0.2) is 11.6 Å². The molecule has 4 rings (SSSR count). The number of nitrogens with zero attached hydrogens (tertiary/aromatic N) is 6. The van der Waals surface area contributed by atoms with Crippen LogP contribution in [0.4, 0.5) is 23.8 Å². The number of anilines is 4. The van der Waals surface area contributed by atoms with Crippen molar-refractivity contribution >= 4 is 23.8 Å². The Bertz CT molecular complexity index is 1010. The molecule has 10 nitrogen and oxygen atoms in total. The average Bonchev–Trinajstić information content (AvgIpc) is 2.67. The van der Waals surface area contributed by atoms with Crippen LogP contribution in [0.2, 0.25) is 0 Å². The van der Waals surface area contributed by atoms with E-state index in [0.717, 1.165) is 22.3 Å². The maximum atomic E-state index is 5.63. The first kappa shape index (κ1) is 17.1. The number of nitrogen functional groups attached to an aromatic ring is 4. The molecular weight excluding hydrogens is 356 g/mol. The molecule has 0 fully saturated rings. The molecular formula is C18H16N10. The molecule has 0 aliphatic rings. The van der Waals surface area contributed by atoms with Crippen LogP contribution in [0.25, 0.3) is 33.9 Å². The quantitative estimate of drug-likeness (QED) is 0.410. The predicted molar refractivity (Wildman–Crippen MR) is 107 cm³/mol. The Morgan fingerprint density at radius 3 is 0.893 bits per heavy atom. The molecule has 4 aromatic rings. The number of hydrogen-bond donors (Lipinski definition) is 4. The molecule has 0 radical (unpaired) electrons. The summed E-state index contributed by atoms with van der Waals surface area (Å²) in [5.41, 5.74) is 26.1. The van der Waals surface area contributed by atoms with Crippen LogP contribution in [0.1, 0.15) is 0 Å². The highest BCUT2D eigenvalue weighted by molar-refractivity contribution is 5.70. The first-order chi connectivity index (χ1) is 13.5. The Labute approximate surface area is 159 Å². The molecule has 2 heterocycles. The summed E-state index contributed by atoms with van der Waals surface area (Å²) in [6.07, 6.45) is 0. The van der Waals surface area contributed by atoms with E-state index >= 15 is 0 Å². The Balaban J connectivity index is 1.61. The molecule has 0 aliphatic heterocycles. The summed E-state index contributed by atoms with van der Waals surface area (Å²) in [5.74, 6) is 1.20. The highest BCUT2D eigenvalue weighted by Gasteiger charge is 2.08. The van der Waals surface area contributed by atoms with Crippen LogP contribution in [-0.4, -0.2) is 29.9 Å². The first-order valence-electron chi connectivity index (χ1n) is 8.23. The molecule has 10 heteroatoms. The van der Waals surface area contributed by atoms with Gasteiger partial charge in [-0.15, -0.1) is 0 Å². The summed E-state index contributed by atoms with van der Waals surface area (Å²) in [7, 11) is 0. The van der Waals surface area contributed by atoms with Crippen molar-refractivity contribution in [3.05, 3.63) is 48.5 Å². The van der Waals surface area contributed by atoms with E-state index in [9.17, 15) is 0 Å². The van der Waals surface area contributed by atoms with Crippen molar-refractivity contribution in [1.82, 2.24) is 29.9 Å². The van der Waals surface area contributed by atoms with E-state index in [1.165, 1.54) is 0 Å². The zero-order chi connectivity index (χ0) is 19.7. The van der Waals surface area contributed by atoms with Gasteiger partial charge in [-0.25, -0.2) is 0 Å². The van der Waals surface area contributed by atoms with Crippen LogP contribution in [0.15, 0.2) is 48.5 Å². The lowest BCUT2D eigenvalue weighted by Gasteiger charge is -2.06. The largest absolute Gasteiger partial charge is 0.368 e. The van der Waals surface area contributed by atoms with Gasteiger partial charge in [0, 0.05) is 11.1 Å². The fraction of sp³-hybridized carbons (Fsp3) is 0. The predicted octanol–water partition coefficient (Wildman–Crippen LogP) is 1.39. The van der Waals surface area contributed by atoms with Crippen molar-refractivity contribution in [1.29, 1.82) is 0 Å². The minimum absolute atomic E-state index is 0.0850. The number of rotatable bonds is 3. The molecule has 0 saturated heterocycles. The van der Waals surface area contributed by atoms with E-state index in [1.807, 2.05) is 48.5 Å². The van der Waals surface area contributed by atoms with Gasteiger partial charge >= 0.3 is 0 Å². The third kappa shape index (κ3) is 3.46. The monoisotopic (exact) mass is 372 g/mol. The molecule has 0 atom stereocenters. The molecule has 8 N–H and O–H groups in total. The summed E-state index contributed by atoms with van der Waals surface area (Å²) < 4.78 is 0. The standard InChI is InChI=1S/C18H16N10/c19-15-23-13(24-16(20)27-15)11-5-1-9(2-6-11)10-3-7-12(8-4-10)14-25-17(21)28-18(22)26-14/h1-8H,(H4,19,20,23,24,27)(H4,21,22,25,26,28). The third-order valence-corrected chi connectivity index (χ3v) is 3.96. The number of hydrogen-bond acceptors (Lipinski definition) is 10. The summed E-state index contributed by atoms with van der Waals surface area (Å²) in [6.45, 7) is 0. The van der Waals surface area contributed by atoms with E-state index in [4.69, 9.17) is 22.9 Å². The van der Waals surface area contributed by atoms with E-state index < -0.39 is 0 Å². The van der Waals surface area contributed by atoms with Gasteiger partial charge in [-0.05, 0) is 11.1 Å². The number of benzene rings is 2. The normalized spacial score (nSPS) is 10.7.